The van der Waals surface area contributed by atoms with Gasteiger partial charge in [0.1, 0.15) is 11.8 Å². The van der Waals surface area contributed by atoms with Gasteiger partial charge in [-0.15, -0.1) is 0 Å². The molecule has 6 nitrogen and oxygen atoms in total. The zero-order chi connectivity index (χ0) is 20.6. The van der Waals surface area contributed by atoms with E-state index in [1.807, 2.05) is 6.07 Å². The number of alkyl halides is 2. The molecule has 0 bridgehead atoms. The number of carbonyl (C=O) groups excluding carboxylic acids is 1. The minimum Gasteiger partial charge on any atom is -0.382 e. The Hall–Kier alpha value is -3.60. The third-order valence-electron chi connectivity index (χ3n) is 5.04. The summed E-state index contributed by atoms with van der Waals surface area (Å²) in [6.45, 7) is 0.266. The van der Waals surface area contributed by atoms with E-state index in [2.05, 4.69) is 26.8 Å². The van der Waals surface area contributed by atoms with E-state index in [4.69, 9.17) is 5.73 Å². The highest BCUT2D eigenvalue weighted by molar-refractivity contribution is 5.88. The van der Waals surface area contributed by atoms with Crippen LogP contribution in [0.4, 0.5) is 14.6 Å². The zero-order valence-corrected chi connectivity index (χ0v) is 15.6. The standard InChI is InChI=1S/C21H17F2N5O/c1-28-10-9-21(19(22)23,20(28)29)8-7-13-3-2-4-14(11-13)15-5-6-16-17(27-15)18(24)26-12-25-16/h2-6,11-12,19H,9-10H2,1H3,(H2,24,25,26)/t21-/m1/s1. The predicted molar refractivity (Wildman–Crippen MR) is 105 cm³/mol. The maximum Gasteiger partial charge on any atom is 0.263 e. The number of halogens is 2. The van der Waals surface area contributed by atoms with Crippen LogP contribution in [0.25, 0.3) is 22.3 Å². The van der Waals surface area contributed by atoms with Crippen molar-refractivity contribution in [3.05, 3.63) is 48.3 Å². The lowest BCUT2D eigenvalue weighted by Gasteiger charge is -2.19. The van der Waals surface area contributed by atoms with Crippen LogP contribution in [-0.4, -0.2) is 45.8 Å². The largest absolute Gasteiger partial charge is 0.382 e. The highest BCUT2D eigenvalue weighted by atomic mass is 19.3. The summed E-state index contributed by atoms with van der Waals surface area (Å²) >= 11 is 0. The molecule has 2 aromatic heterocycles. The summed E-state index contributed by atoms with van der Waals surface area (Å²) in [7, 11) is 1.51. The van der Waals surface area contributed by atoms with Gasteiger partial charge in [-0.2, -0.15) is 0 Å². The quantitative estimate of drug-likeness (QED) is 0.677. The fourth-order valence-corrected chi connectivity index (χ4v) is 3.33. The van der Waals surface area contributed by atoms with Gasteiger partial charge in [-0.05, 0) is 30.7 Å². The maximum atomic E-state index is 13.7. The Morgan fingerprint density at radius 3 is 2.79 bits per heavy atom. The van der Waals surface area contributed by atoms with Crippen molar-refractivity contribution in [1.82, 2.24) is 19.9 Å². The molecule has 1 saturated heterocycles. The van der Waals surface area contributed by atoms with Gasteiger partial charge in [0.2, 0.25) is 5.91 Å². The van der Waals surface area contributed by atoms with E-state index in [1.165, 1.54) is 18.3 Å². The van der Waals surface area contributed by atoms with Crippen molar-refractivity contribution < 1.29 is 13.6 Å². The molecule has 0 unspecified atom stereocenters. The summed E-state index contributed by atoms with van der Waals surface area (Å²) in [6, 6.07) is 10.6. The molecule has 1 fully saturated rings. The minimum absolute atomic E-state index is 0.0121. The number of hydrogen-bond donors (Lipinski definition) is 1. The number of benzene rings is 1. The van der Waals surface area contributed by atoms with Crippen LogP contribution < -0.4 is 5.73 Å². The maximum absolute atomic E-state index is 13.7. The Morgan fingerprint density at radius 2 is 2.07 bits per heavy atom. The number of nitrogens with zero attached hydrogens (tertiary/aromatic N) is 4. The number of amides is 1. The fraction of sp³-hybridized carbons (Fsp3) is 0.238. The Kier molecular flexibility index (Phi) is 4.59. The van der Waals surface area contributed by atoms with E-state index in [1.54, 1.807) is 30.3 Å². The van der Waals surface area contributed by atoms with Crippen molar-refractivity contribution in [3.8, 4) is 23.1 Å². The van der Waals surface area contributed by atoms with Gasteiger partial charge in [0, 0.05) is 24.7 Å². The Morgan fingerprint density at radius 1 is 1.24 bits per heavy atom. The first-order valence-corrected chi connectivity index (χ1v) is 8.95. The number of fused-ring (bicyclic) bond motifs is 1. The van der Waals surface area contributed by atoms with E-state index < -0.39 is 17.7 Å². The van der Waals surface area contributed by atoms with Crippen molar-refractivity contribution in [2.75, 3.05) is 19.3 Å². The molecule has 1 amide bonds. The van der Waals surface area contributed by atoms with Gasteiger partial charge in [-0.25, -0.2) is 23.7 Å². The highest BCUT2D eigenvalue weighted by Crippen LogP contribution is 2.37. The predicted octanol–water partition coefficient (Wildman–Crippen LogP) is 2.74. The van der Waals surface area contributed by atoms with Gasteiger partial charge < -0.3 is 10.6 Å². The second-order valence-corrected chi connectivity index (χ2v) is 6.90. The topological polar surface area (TPSA) is 85.0 Å². The van der Waals surface area contributed by atoms with Crippen LogP contribution in [0.2, 0.25) is 0 Å². The van der Waals surface area contributed by atoms with E-state index in [0.717, 1.165) is 5.56 Å². The molecule has 4 rings (SSSR count). The monoisotopic (exact) mass is 393 g/mol. The average molecular weight is 393 g/mol. The van der Waals surface area contributed by atoms with Crippen molar-refractivity contribution in [2.45, 2.75) is 12.8 Å². The summed E-state index contributed by atoms with van der Waals surface area (Å²) in [4.78, 5) is 26.1. The van der Waals surface area contributed by atoms with Crippen LogP contribution in [0.3, 0.4) is 0 Å². The van der Waals surface area contributed by atoms with Crippen LogP contribution in [0, 0.1) is 17.3 Å². The SMILES string of the molecule is CN1CC[C@](C#Cc2cccc(-c3ccc4ncnc(N)c4n3)c2)(C(F)F)C1=O. The molecule has 3 aromatic rings. The van der Waals surface area contributed by atoms with Crippen molar-refractivity contribution >= 4 is 22.8 Å². The number of carbonyl (C=O) groups is 1. The molecule has 1 atom stereocenters. The second kappa shape index (κ2) is 7.09. The van der Waals surface area contributed by atoms with E-state index in [-0.39, 0.29) is 18.8 Å². The Bertz CT molecular complexity index is 1170. The molecule has 1 aliphatic heterocycles. The third kappa shape index (κ3) is 3.25. The first-order valence-electron chi connectivity index (χ1n) is 8.95. The lowest BCUT2D eigenvalue weighted by molar-refractivity contribution is -0.138. The summed E-state index contributed by atoms with van der Waals surface area (Å²) in [5, 5.41) is 0. The number of rotatable bonds is 2. The van der Waals surface area contributed by atoms with Gasteiger partial charge in [0.05, 0.1) is 11.2 Å². The van der Waals surface area contributed by atoms with Crippen molar-refractivity contribution in [3.63, 3.8) is 0 Å². The van der Waals surface area contributed by atoms with Crippen LogP contribution in [0.15, 0.2) is 42.7 Å². The molecule has 0 saturated carbocycles. The van der Waals surface area contributed by atoms with Gasteiger partial charge in [-0.1, -0.05) is 24.0 Å². The van der Waals surface area contributed by atoms with E-state index >= 15 is 0 Å². The molecule has 1 aliphatic rings. The average Bonchev–Trinajstić information content (AvgIpc) is 3.02. The number of likely N-dealkylation sites (tertiary alicyclic amines) is 1. The third-order valence-corrected chi connectivity index (χ3v) is 5.04. The van der Waals surface area contributed by atoms with Crippen LogP contribution in [0.5, 0.6) is 0 Å². The Balaban J connectivity index is 1.72. The van der Waals surface area contributed by atoms with Crippen LogP contribution in [-0.2, 0) is 4.79 Å². The lowest BCUT2D eigenvalue weighted by atomic mass is 9.87. The van der Waals surface area contributed by atoms with Gasteiger partial charge >= 0.3 is 0 Å². The first-order chi connectivity index (χ1) is 13.9. The summed E-state index contributed by atoms with van der Waals surface area (Å²) < 4.78 is 27.3. The molecule has 1 aromatic carbocycles. The molecular formula is C21H17F2N5O. The number of nitrogen functional groups attached to an aromatic ring is 1. The van der Waals surface area contributed by atoms with Crippen molar-refractivity contribution in [1.29, 1.82) is 0 Å². The molecule has 0 spiro atoms. The van der Waals surface area contributed by atoms with Gasteiger partial charge in [-0.3, -0.25) is 4.79 Å². The highest BCUT2D eigenvalue weighted by Gasteiger charge is 2.51. The number of pyridine rings is 1. The van der Waals surface area contributed by atoms with Gasteiger partial charge in [0.15, 0.2) is 11.2 Å². The lowest BCUT2D eigenvalue weighted by Crippen LogP contribution is -2.37. The zero-order valence-electron chi connectivity index (χ0n) is 15.6. The molecule has 2 N–H and O–H groups in total. The molecular weight excluding hydrogens is 376 g/mol. The number of aromatic nitrogens is 3. The summed E-state index contributed by atoms with van der Waals surface area (Å²) in [6.07, 6.45) is -1.46. The van der Waals surface area contributed by atoms with Crippen LogP contribution >= 0.6 is 0 Å². The smallest absolute Gasteiger partial charge is 0.263 e. The summed E-state index contributed by atoms with van der Waals surface area (Å²) in [5.74, 6) is 4.96. The number of nitrogens with two attached hydrogens (primary N) is 1. The second-order valence-electron chi connectivity index (χ2n) is 6.90. The molecule has 3 heterocycles. The normalized spacial score (nSPS) is 18.9. The minimum atomic E-state index is -2.85. The molecule has 146 valence electrons. The fourth-order valence-electron chi connectivity index (χ4n) is 3.33. The Labute approximate surface area is 165 Å². The van der Waals surface area contributed by atoms with E-state index in [9.17, 15) is 13.6 Å². The number of hydrogen-bond acceptors (Lipinski definition) is 5. The number of anilines is 1. The first kappa shape index (κ1) is 18.7. The van der Waals surface area contributed by atoms with E-state index in [0.29, 0.717) is 22.3 Å². The molecule has 29 heavy (non-hydrogen) atoms. The molecule has 8 heteroatoms. The van der Waals surface area contributed by atoms with Crippen molar-refractivity contribution in [2.24, 2.45) is 5.41 Å². The molecule has 0 radical (unpaired) electrons. The van der Waals surface area contributed by atoms with Gasteiger partial charge in [0.25, 0.3) is 6.43 Å². The van der Waals surface area contributed by atoms with Crippen LogP contribution in [0.1, 0.15) is 12.0 Å². The molecule has 0 aliphatic carbocycles. The summed E-state index contributed by atoms with van der Waals surface area (Å²) in [5.41, 5.74) is 6.92.